The fourth-order valence-corrected chi connectivity index (χ4v) is 3.01. The molecular formula is C21H18BrNO2S. The van der Waals surface area contributed by atoms with Gasteiger partial charge in [0, 0.05) is 21.5 Å². The molecule has 2 rings (SSSR count). The number of carbonyl (C=O) groups excluding carboxylic acids is 1. The summed E-state index contributed by atoms with van der Waals surface area (Å²) in [5.41, 5.74) is 0.725. The molecule has 0 aliphatic heterocycles. The minimum absolute atomic E-state index is 0.380. The fourth-order valence-electron chi connectivity index (χ4n) is 1.90. The SMILES string of the molecule is O=C(Nc1ccccc1)OCCCCC#CC#CSc1cccc(Br)c1. The number of para-hydroxylation sites is 1. The Morgan fingerprint density at radius 3 is 2.73 bits per heavy atom. The van der Waals surface area contributed by atoms with Crippen molar-refractivity contribution in [2.75, 3.05) is 11.9 Å². The molecule has 1 amide bonds. The van der Waals surface area contributed by atoms with Gasteiger partial charge in [-0.25, -0.2) is 4.79 Å². The summed E-state index contributed by atoms with van der Waals surface area (Å²) < 4.78 is 6.15. The average Bonchev–Trinajstić information content (AvgIpc) is 2.64. The third-order valence-electron chi connectivity index (χ3n) is 3.12. The monoisotopic (exact) mass is 427 g/mol. The number of benzene rings is 2. The standard InChI is InChI=1S/C21H18BrNO2S/c22-18-11-10-14-20(17-18)26-16-9-4-2-1-3-8-15-25-21(24)23-19-12-6-5-7-13-19/h5-7,10-14,17H,1,3,8,15H2,(H,23,24). The van der Waals surface area contributed by atoms with Crippen LogP contribution in [-0.4, -0.2) is 12.7 Å². The highest BCUT2D eigenvalue weighted by Crippen LogP contribution is 2.20. The van der Waals surface area contributed by atoms with E-state index in [-0.39, 0.29) is 0 Å². The molecule has 0 saturated heterocycles. The Hall–Kier alpha value is -2.34. The summed E-state index contributed by atoms with van der Waals surface area (Å²) in [7, 11) is 0. The van der Waals surface area contributed by atoms with E-state index in [2.05, 4.69) is 44.3 Å². The third-order valence-corrected chi connectivity index (χ3v) is 4.30. The van der Waals surface area contributed by atoms with E-state index in [1.165, 1.54) is 11.8 Å². The summed E-state index contributed by atoms with van der Waals surface area (Å²) in [6.45, 7) is 0.380. The first-order valence-electron chi connectivity index (χ1n) is 8.13. The third kappa shape index (κ3) is 8.67. The van der Waals surface area contributed by atoms with Gasteiger partial charge in [0.1, 0.15) is 0 Å². The predicted octanol–water partition coefficient (Wildman–Crippen LogP) is 5.92. The number of anilines is 1. The molecule has 0 aromatic heterocycles. The van der Waals surface area contributed by atoms with Crippen LogP contribution in [0.3, 0.4) is 0 Å². The minimum atomic E-state index is -0.433. The number of ether oxygens (including phenoxy) is 1. The molecule has 1 N–H and O–H groups in total. The second kappa shape index (κ2) is 12.1. The zero-order valence-electron chi connectivity index (χ0n) is 14.1. The molecule has 0 heterocycles. The van der Waals surface area contributed by atoms with Crippen LogP contribution in [0.4, 0.5) is 10.5 Å². The molecule has 0 atom stereocenters. The fraction of sp³-hybridized carbons (Fsp3) is 0.190. The summed E-state index contributed by atoms with van der Waals surface area (Å²) in [5.74, 6) is 8.68. The first-order chi connectivity index (χ1) is 12.7. The van der Waals surface area contributed by atoms with Crippen LogP contribution >= 0.6 is 27.7 Å². The Balaban J connectivity index is 1.54. The Morgan fingerprint density at radius 2 is 1.92 bits per heavy atom. The lowest BCUT2D eigenvalue weighted by molar-refractivity contribution is 0.159. The highest BCUT2D eigenvalue weighted by molar-refractivity contribution is 9.10. The maximum atomic E-state index is 11.6. The van der Waals surface area contributed by atoms with Crippen LogP contribution in [-0.2, 0) is 4.74 Å². The number of unbranched alkanes of at least 4 members (excludes halogenated alkanes) is 2. The quantitative estimate of drug-likeness (QED) is 0.352. The molecule has 0 aliphatic carbocycles. The van der Waals surface area contributed by atoms with Crippen LogP contribution in [0.1, 0.15) is 19.3 Å². The average molecular weight is 428 g/mol. The highest BCUT2D eigenvalue weighted by Gasteiger charge is 2.01. The molecule has 0 spiro atoms. The van der Waals surface area contributed by atoms with Crippen molar-refractivity contribution in [2.24, 2.45) is 0 Å². The number of thioether (sulfide) groups is 1. The molecule has 2 aromatic carbocycles. The van der Waals surface area contributed by atoms with Crippen LogP contribution in [0.15, 0.2) is 64.0 Å². The van der Waals surface area contributed by atoms with Gasteiger partial charge in [0.25, 0.3) is 0 Å². The van der Waals surface area contributed by atoms with E-state index in [9.17, 15) is 4.79 Å². The molecule has 0 fully saturated rings. The maximum Gasteiger partial charge on any atom is 0.411 e. The second-order valence-electron chi connectivity index (χ2n) is 5.17. The number of amides is 1. The van der Waals surface area contributed by atoms with Gasteiger partial charge in [-0.2, -0.15) is 0 Å². The molecule has 132 valence electrons. The zero-order valence-corrected chi connectivity index (χ0v) is 16.5. The topological polar surface area (TPSA) is 38.3 Å². The van der Waals surface area contributed by atoms with E-state index < -0.39 is 6.09 Å². The summed E-state index contributed by atoms with van der Waals surface area (Å²) in [6, 6.07) is 17.2. The number of hydrogen-bond acceptors (Lipinski definition) is 3. The van der Waals surface area contributed by atoms with Gasteiger partial charge in [0.05, 0.1) is 6.61 Å². The van der Waals surface area contributed by atoms with Gasteiger partial charge in [-0.15, -0.1) is 0 Å². The van der Waals surface area contributed by atoms with Crippen LogP contribution in [0.5, 0.6) is 0 Å². The number of nitrogens with one attached hydrogen (secondary N) is 1. The summed E-state index contributed by atoms with van der Waals surface area (Å²) in [5, 5.41) is 5.64. The Kier molecular flexibility index (Phi) is 9.29. The van der Waals surface area contributed by atoms with Crippen molar-refractivity contribution in [3.8, 4) is 23.0 Å². The first-order valence-corrected chi connectivity index (χ1v) is 9.74. The smallest absolute Gasteiger partial charge is 0.411 e. The lowest BCUT2D eigenvalue weighted by Crippen LogP contribution is -2.14. The van der Waals surface area contributed by atoms with Crippen molar-refractivity contribution in [2.45, 2.75) is 24.2 Å². The molecule has 5 heteroatoms. The minimum Gasteiger partial charge on any atom is -0.449 e. The van der Waals surface area contributed by atoms with Crippen molar-refractivity contribution in [3.63, 3.8) is 0 Å². The van der Waals surface area contributed by atoms with Gasteiger partial charge in [0.2, 0.25) is 0 Å². The Bertz CT molecular complexity index is 832. The molecule has 0 bridgehead atoms. The zero-order chi connectivity index (χ0) is 18.5. The lowest BCUT2D eigenvalue weighted by Gasteiger charge is -2.05. The summed E-state index contributed by atoms with van der Waals surface area (Å²) in [6.07, 6.45) is 1.95. The molecule has 0 saturated carbocycles. The van der Waals surface area contributed by atoms with Crippen molar-refractivity contribution >= 4 is 39.5 Å². The Morgan fingerprint density at radius 1 is 1.08 bits per heavy atom. The molecule has 3 nitrogen and oxygen atoms in total. The predicted molar refractivity (Wildman–Crippen MR) is 111 cm³/mol. The molecule has 0 radical (unpaired) electrons. The normalized spacial score (nSPS) is 9.27. The highest BCUT2D eigenvalue weighted by atomic mass is 79.9. The first kappa shape index (κ1) is 20.0. The van der Waals surface area contributed by atoms with E-state index >= 15 is 0 Å². The number of halogens is 1. The van der Waals surface area contributed by atoms with Crippen LogP contribution in [0.2, 0.25) is 0 Å². The van der Waals surface area contributed by atoms with E-state index in [0.717, 1.165) is 34.3 Å². The number of hydrogen-bond donors (Lipinski definition) is 1. The molecule has 0 unspecified atom stereocenters. The van der Waals surface area contributed by atoms with Gasteiger partial charge >= 0.3 is 6.09 Å². The van der Waals surface area contributed by atoms with Crippen LogP contribution < -0.4 is 5.32 Å². The molecule has 0 aliphatic rings. The number of carbonyl (C=O) groups is 1. The Labute approximate surface area is 167 Å². The second-order valence-corrected chi connectivity index (χ2v) is 6.97. The van der Waals surface area contributed by atoms with Crippen LogP contribution in [0, 0.1) is 23.0 Å². The van der Waals surface area contributed by atoms with Crippen molar-refractivity contribution in [1.82, 2.24) is 0 Å². The van der Waals surface area contributed by atoms with Gasteiger partial charge in [-0.3, -0.25) is 5.32 Å². The van der Waals surface area contributed by atoms with E-state index in [1.807, 2.05) is 54.6 Å². The van der Waals surface area contributed by atoms with Gasteiger partial charge in [-0.1, -0.05) is 46.1 Å². The van der Waals surface area contributed by atoms with Crippen molar-refractivity contribution in [1.29, 1.82) is 0 Å². The summed E-state index contributed by atoms with van der Waals surface area (Å²) in [4.78, 5) is 12.7. The van der Waals surface area contributed by atoms with Gasteiger partial charge in [0.15, 0.2) is 0 Å². The maximum absolute atomic E-state index is 11.6. The molecule has 26 heavy (non-hydrogen) atoms. The van der Waals surface area contributed by atoms with Gasteiger partial charge in [-0.05, 0) is 72.0 Å². The van der Waals surface area contributed by atoms with E-state index in [0.29, 0.717) is 6.61 Å². The largest absolute Gasteiger partial charge is 0.449 e. The van der Waals surface area contributed by atoms with E-state index in [1.54, 1.807) is 0 Å². The molecular weight excluding hydrogens is 410 g/mol. The van der Waals surface area contributed by atoms with Gasteiger partial charge < -0.3 is 4.74 Å². The van der Waals surface area contributed by atoms with Crippen LogP contribution in [0.25, 0.3) is 0 Å². The van der Waals surface area contributed by atoms with Crippen molar-refractivity contribution < 1.29 is 9.53 Å². The van der Waals surface area contributed by atoms with Crippen molar-refractivity contribution in [3.05, 3.63) is 59.1 Å². The van der Waals surface area contributed by atoms with E-state index in [4.69, 9.17) is 4.74 Å². The lowest BCUT2D eigenvalue weighted by atomic mass is 10.2. The molecule has 2 aromatic rings. The number of rotatable bonds is 6. The summed E-state index contributed by atoms with van der Waals surface area (Å²) >= 11 is 4.88.